The minimum Gasteiger partial charge on any atom is -0.508 e. The molecule has 0 saturated heterocycles. The van der Waals surface area contributed by atoms with Gasteiger partial charge in [0.25, 0.3) is 0 Å². The van der Waals surface area contributed by atoms with Crippen molar-refractivity contribution in [1.29, 1.82) is 0 Å². The van der Waals surface area contributed by atoms with E-state index >= 15 is 0 Å². The molecule has 0 aliphatic heterocycles. The number of phenols is 1. The van der Waals surface area contributed by atoms with Crippen molar-refractivity contribution in [2.75, 3.05) is 0 Å². The molecule has 1 aromatic carbocycles. The van der Waals surface area contributed by atoms with Crippen molar-refractivity contribution in [3.05, 3.63) is 29.8 Å². The third-order valence-electron chi connectivity index (χ3n) is 1.14. The second kappa shape index (κ2) is 2.51. The average Bonchev–Trinajstić information content (AvgIpc) is 1.90. The van der Waals surface area contributed by atoms with Crippen LogP contribution in [0.15, 0.2) is 24.3 Å². The molecule has 3 N–H and O–H groups in total. The van der Waals surface area contributed by atoms with Gasteiger partial charge < -0.3 is 10.2 Å². The highest BCUT2D eigenvalue weighted by Gasteiger charge is 1.90. The maximum absolute atomic E-state index is 8.79. The zero-order valence-electron chi connectivity index (χ0n) is 4.96. The fraction of sp³-hybridized carbons (Fsp3) is 0.143. The lowest BCUT2D eigenvalue weighted by Gasteiger charge is -1.91. The zero-order valence-corrected chi connectivity index (χ0v) is 4.96. The summed E-state index contributed by atoms with van der Waals surface area (Å²) in [6.45, 7) is 0.278. The Kier molecular flexibility index (Phi) is 1.70. The van der Waals surface area contributed by atoms with Gasteiger partial charge in [0.15, 0.2) is 6.61 Å². The van der Waals surface area contributed by atoms with Crippen LogP contribution in [-0.4, -0.2) is 10.2 Å². The number of aromatic hydroxyl groups is 1. The van der Waals surface area contributed by atoms with Gasteiger partial charge in [-0.1, -0.05) is 0 Å². The molecule has 9 heavy (non-hydrogen) atoms. The van der Waals surface area contributed by atoms with E-state index in [0.29, 0.717) is 0 Å². The summed E-state index contributed by atoms with van der Waals surface area (Å²) in [5, 5.41) is 15.7. The third-order valence-corrected chi connectivity index (χ3v) is 1.14. The topological polar surface area (TPSA) is 43.1 Å². The Bertz CT molecular complexity index is 179. The molecular weight excluding hydrogens is 116 g/mol. The first kappa shape index (κ1) is 6.11. The minimum absolute atomic E-state index is 0.257. The largest absolute Gasteiger partial charge is 0.508 e. The van der Waals surface area contributed by atoms with E-state index in [0.717, 1.165) is 5.56 Å². The molecule has 48 valence electrons. The van der Waals surface area contributed by atoms with Crippen LogP contribution in [-0.2, 0) is 6.61 Å². The van der Waals surface area contributed by atoms with Crippen LogP contribution >= 0.6 is 0 Å². The van der Waals surface area contributed by atoms with Crippen LogP contribution in [0.1, 0.15) is 5.56 Å². The van der Waals surface area contributed by atoms with Gasteiger partial charge in [-0.25, -0.2) is 0 Å². The highest BCUT2D eigenvalue weighted by atomic mass is 16.3. The molecule has 1 rings (SSSR count). The van der Waals surface area contributed by atoms with E-state index in [4.69, 9.17) is 10.2 Å². The molecule has 2 nitrogen and oxygen atoms in total. The molecular formula is C7H9O2+. The molecule has 0 saturated carbocycles. The Hall–Kier alpha value is -1.02. The summed E-state index contributed by atoms with van der Waals surface area (Å²) in [6.07, 6.45) is 0. The SMILES string of the molecule is Oc1ccc(C[OH2+])cc1. The summed E-state index contributed by atoms with van der Waals surface area (Å²) < 4.78 is 0. The van der Waals surface area contributed by atoms with Gasteiger partial charge in [0.05, 0.1) is 0 Å². The normalized spacial score (nSPS) is 9.44. The van der Waals surface area contributed by atoms with Gasteiger partial charge in [-0.05, 0) is 24.3 Å². The van der Waals surface area contributed by atoms with Crippen LogP contribution in [0.25, 0.3) is 0 Å². The fourth-order valence-electron chi connectivity index (χ4n) is 0.614. The molecule has 1 aromatic rings. The number of hydrogen-bond acceptors (Lipinski definition) is 1. The summed E-state index contributed by atoms with van der Waals surface area (Å²) in [4.78, 5) is 0. The number of benzene rings is 1. The van der Waals surface area contributed by atoms with Crippen molar-refractivity contribution in [1.82, 2.24) is 0 Å². The number of phenolic OH excluding ortho intramolecular Hbond substituents is 1. The van der Waals surface area contributed by atoms with Crippen molar-refractivity contribution < 1.29 is 10.2 Å². The average molecular weight is 125 g/mol. The molecule has 0 aliphatic rings. The highest BCUT2D eigenvalue weighted by Crippen LogP contribution is 2.08. The molecule has 0 aromatic heterocycles. The predicted octanol–water partition coefficient (Wildman–Crippen LogP) is 0.617. The molecule has 0 spiro atoms. The molecule has 0 unspecified atom stereocenters. The van der Waals surface area contributed by atoms with Crippen molar-refractivity contribution in [2.45, 2.75) is 6.61 Å². The van der Waals surface area contributed by atoms with E-state index in [2.05, 4.69) is 0 Å². The molecule has 0 heterocycles. The molecule has 0 atom stereocenters. The van der Waals surface area contributed by atoms with Gasteiger partial charge in [-0.2, -0.15) is 0 Å². The van der Waals surface area contributed by atoms with Crippen LogP contribution in [0.4, 0.5) is 0 Å². The van der Waals surface area contributed by atoms with Crippen LogP contribution in [0.2, 0.25) is 0 Å². The monoisotopic (exact) mass is 125 g/mol. The first-order valence-electron chi connectivity index (χ1n) is 2.75. The van der Waals surface area contributed by atoms with E-state index in [1.54, 1.807) is 24.3 Å². The lowest BCUT2D eigenvalue weighted by atomic mass is 10.2. The summed E-state index contributed by atoms with van der Waals surface area (Å²) in [6, 6.07) is 6.65. The Morgan fingerprint density at radius 2 is 1.78 bits per heavy atom. The van der Waals surface area contributed by atoms with Crippen LogP contribution in [0.5, 0.6) is 5.75 Å². The van der Waals surface area contributed by atoms with Gasteiger partial charge in [-0.3, -0.25) is 0 Å². The van der Waals surface area contributed by atoms with Crippen LogP contribution in [0.3, 0.4) is 0 Å². The lowest BCUT2D eigenvalue weighted by molar-refractivity contribution is 0.281. The van der Waals surface area contributed by atoms with Gasteiger partial charge in [0.2, 0.25) is 0 Å². The van der Waals surface area contributed by atoms with Crippen molar-refractivity contribution in [3.8, 4) is 5.75 Å². The van der Waals surface area contributed by atoms with Crippen molar-refractivity contribution >= 4 is 0 Å². The lowest BCUT2D eigenvalue weighted by Crippen LogP contribution is -1.78. The second-order valence-corrected chi connectivity index (χ2v) is 1.84. The summed E-state index contributed by atoms with van der Waals surface area (Å²) >= 11 is 0. The van der Waals surface area contributed by atoms with Crippen molar-refractivity contribution in [3.63, 3.8) is 0 Å². The first-order chi connectivity index (χ1) is 4.33. The van der Waals surface area contributed by atoms with Gasteiger partial charge >= 0.3 is 0 Å². The van der Waals surface area contributed by atoms with Crippen LogP contribution < -0.4 is 0 Å². The van der Waals surface area contributed by atoms with Crippen molar-refractivity contribution in [2.24, 2.45) is 0 Å². The standard InChI is InChI=1S/C7H8O2/c8-5-6-1-3-7(9)4-2-6/h1-4,8-9H,5H2/p+1. The summed E-state index contributed by atoms with van der Waals surface area (Å²) in [5.41, 5.74) is 0.924. The maximum Gasteiger partial charge on any atom is 0.169 e. The highest BCUT2D eigenvalue weighted by molar-refractivity contribution is 5.25. The van der Waals surface area contributed by atoms with E-state index in [9.17, 15) is 0 Å². The van der Waals surface area contributed by atoms with Gasteiger partial charge in [-0.15, -0.1) is 0 Å². The quantitative estimate of drug-likeness (QED) is 0.549. The first-order valence-corrected chi connectivity index (χ1v) is 2.75. The second-order valence-electron chi connectivity index (χ2n) is 1.84. The molecule has 0 radical (unpaired) electrons. The molecule has 0 amide bonds. The predicted molar refractivity (Wildman–Crippen MR) is 35.4 cm³/mol. The van der Waals surface area contributed by atoms with Gasteiger partial charge in [0, 0.05) is 5.56 Å². The fourth-order valence-corrected chi connectivity index (χ4v) is 0.614. The maximum atomic E-state index is 8.79. The third kappa shape index (κ3) is 1.44. The molecule has 0 aliphatic carbocycles. The van der Waals surface area contributed by atoms with E-state index < -0.39 is 0 Å². The Balaban J connectivity index is 2.88. The number of rotatable bonds is 1. The van der Waals surface area contributed by atoms with E-state index in [1.807, 2.05) is 0 Å². The van der Waals surface area contributed by atoms with E-state index in [-0.39, 0.29) is 12.4 Å². The Morgan fingerprint density at radius 1 is 1.22 bits per heavy atom. The summed E-state index contributed by atoms with van der Waals surface area (Å²) in [5.74, 6) is 0.257. The number of hydrogen-bond donors (Lipinski definition) is 1. The molecule has 0 fully saturated rings. The smallest absolute Gasteiger partial charge is 0.169 e. The Morgan fingerprint density at radius 3 is 2.22 bits per heavy atom. The Labute approximate surface area is 53.4 Å². The zero-order chi connectivity index (χ0) is 6.69. The summed E-state index contributed by atoms with van der Waals surface area (Å²) in [7, 11) is 0. The molecule has 2 heteroatoms. The van der Waals surface area contributed by atoms with E-state index in [1.165, 1.54) is 0 Å². The molecule has 0 bridgehead atoms. The van der Waals surface area contributed by atoms with Crippen LogP contribution in [0, 0.1) is 0 Å². The minimum atomic E-state index is 0.257. The van der Waals surface area contributed by atoms with Gasteiger partial charge in [0.1, 0.15) is 5.75 Å².